The van der Waals surface area contributed by atoms with E-state index in [1.807, 2.05) is 72.8 Å². The molecule has 3 aromatic heterocycles. The molecular weight excluding hydrogens is 602 g/mol. The van der Waals surface area contributed by atoms with Crippen LogP contribution >= 0.6 is 11.3 Å². The van der Waals surface area contributed by atoms with Crippen molar-refractivity contribution in [1.29, 1.82) is 0 Å². The monoisotopic (exact) mass is 631 g/mol. The van der Waals surface area contributed by atoms with Gasteiger partial charge in [-0.2, -0.15) is 0 Å². The number of hydrogen-bond acceptors (Lipinski definition) is 8. The second kappa shape index (κ2) is 12.8. The van der Waals surface area contributed by atoms with Crippen molar-refractivity contribution in [3.63, 3.8) is 0 Å². The van der Waals surface area contributed by atoms with E-state index in [9.17, 15) is 14.7 Å². The molecule has 0 radical (unpaired) electrons. The number of fused-ring (bicyclic) bond motifs is 3. The molecule has 0 saturated heterocycles. The largest absolute Gasteiger partial charge is 0.491 e. The molecule has 0 spiro atoms. The molecule has 0 fully saturated rings. The molecule has 1 aliphatic heterocycles. The summed E-state index contributed by atoms with van der Waals surface area (Å²) >= 11 is 1.43. The first-order valence-electron chi connectivity index (χ1n) is 14.9. The summed E-state index contributed by atoms with van der Waals surface area (Å²) in [4.78, 5) is 40.6. The van der Waals surface area contributed by atoms with Gasteiger partial charge in [-0.1, -0.05) is 53.8 Å². The molecule has 0 aliphatic carbocycles. The van der Waals surface area contributed by atoms with Crippen LogP contribution in [0.1, 0.15) is 28.9 Å². The second-order valence-corrected chi connectivity index (χ2v) is 11.8. The highest BCUT2D eigenvalue weighted by atomic mass is 32.1. The van der Waals surface area contributed by atoms with E-state index in [1.165, 1.54) is 11.3 Å². The number of benzene rings is 3. The van der Waals surface area contributed by atoms with Crippen molar-refractivity contribution in [1.82, 2.24) is 15.0 Å². The van der Waals surface area contributed by atoms with Gasteiger partial charge in [0.15, 0.2) is 16.6 Å². The molecule has 2 amide bonds. The third kappa shape index (κ3) is 6.04. The number of para-hydroxylation sites is 2. The summed E-state index contributed by atoms with van der Waals surface area (Å²) in [6.45, 7) is 1.17. The number of carbonyl (C=O) groups excluding carboxylic acids is 1. The van der Waals surface area contributed by atoms with Crippen LogP contribution in [-0.2, 0) is 6.42 Å². The van der Waals surface area contributed by atoms with Crippen molar-refractivity contribution in [3.05, 3.63) is 102 Å². The number of rotatable bonds is 9. The highest BCUT2D eigenvalue weighted by Gasteiger charge is 2.25. The number of hydrogen-bond donors (Lipinski definition) is 2. The van der Waals surface area contributed by atoms with Gasteiger partial charge in [0.1, 0.15) is 11.3 Å². The van der Waals surface area contributed by atoms with Gasteiger partial charge < -0.3 is 14.6 Å². The van der Waals surface area contributed by atoms with Crippen LogP contribution in [0, 0.1) is 0 Å². The van der Waals surface area contributed by atoms with E-state index in [4.69, 9.17) is 9.47 Å². The van der Waals surface area contributed by atoms with Crippen LogP contribution in [0.15, 0.2) is 91.1 Å². The van der Waals surface area contributed by atoms with Gasteiger partial charge in [0.25, 0.3) is 0 Å². The Kier molecular flexibility index (Phi) is 8.13. The van der Waals surface area contributed by atoms with Crippen LogP contribution in [-0.4, -0.2) is 51.8 Å². The number of carbonyl (C=O) groups is 2. The number of thiazole rings is 1. The first-order valence-corrected chi connectivity index (χ1v) is 15.8. The summed E-state index contributed by atoms with van der Waals surface area (Å²) in [5.41, 5.74) is 4.42. The molecule has 1 aliphatic rings. The fraction of sp³-hybridized carbons (Fsp3) is 0.171. The average molecular weight is 632 g/mol. The molecule has 11 heteroatoms. The molecule has 4 heterocycles. The maximum Gasteiger partial charge on any atom is 0.358 e. The SMILES string of the molecule is O=C(O)c1nc(-c2ccc3c(c2)N(C(=O)Nc2nc4ccccc4s2)CCC3)ccc1OCCCOc1cccc2cccnc12. The lowest BCUT2D eigenvalue weighted by Gasteiger charge is -2.29. The number of pyridine rings is 2. The Bertz CT molecular complexity index is 2040. The van der Waals surface area contributed by atoms with Crippen molar-refractivity contribution < 1.29 is 24.2 Å². The number of aromatic nitrogens is 3. The van der Waals surface area contributed by atoms with Crippen molar-refractivity contribution in [3.8, 4) is 22.8 Å². The number of carboxylic acids is 1. The molecule has 0 saturated carbocycles. The van der Waals surface area contributed by atoms with Gasteiger partial charge in [-0.3, -0.25) is 15.2 Å². The number of aromatic carboxylic acids is 1. The van der Waals surface area contributed by atoms with Crippen molar-refractivity contribution in [2.75, 3.05) is 30.0 Å². The second-order valence-electron chi connectivity index (χ2n) is 10.7. The summed E-state index contributed by atoms with van der Waals surface area (Å²) in [7, 11) is 0. The molecule has 6 aromatic rings. The Balaban J connectivity index is 1.04. The van der Waals surface area contributed by atoms with Gasteiger partial charge in [-0.05, 0) is 60.9 Å². The number of nitrogens with zero attached hydrogens (tertiary/aromatic N) is 4. The predicted octanol–water partition coefficient (Wildman–Crippen LogP) is 7.44. The lowest BCUT2D eigenvalue weighted by atomic mass is 9.98. The molecule has 0 bridgehead atoms. The van der Waals surface area contributed by atoms with E-state index in [0.717, 1.165) is 45.2 Å². The van der Waals surface area contributed by atoms with E-state index in [-0.39, 0.29) is 24.1 Å². The first-order chi connectivity index (χ1) is 22.5. The molecule has 3 aromatic carbocycles. The number of aryl methyl sites for hydroxylation is 1. The van der Waals surface area contributed by atoms with Gasteiger partial charge in [-0.25, -0.2) is 19.6 Å². The quantitative estimate of drug-likeness (QED) is 0.158. The smallest absolute Gasteiger partial charge is 0.358 e. The van der Waals surface area contributed by atoms with E-state index in [1.54, 1.807) is 23.2 Å². The highest BCUT2D eigenvalue weighted by molar-refractivity contribution is 7.22. The summed E-state index contributed by atoms with van der Waals surface area (Å²) in [6.07, 6.45) is 3.92. The van der Waals surface area contributed by atoms with Crippen LogP contribution < -0.4 is 19.7 Å². The fourth-order valence-corrected chi connectivity index (χ4v) is 6.38. The van der Waals surface area contributed by atoms with Gasteiger partial charge in [0.2, 0.25) is 0 Å². The number of ether oxygens (including phenoxy) is 2. The van der Waals surface area contributed by atoms with Crippen LogP contribution in [0.25, 0.3) is 32.4 Å². The minimum absolute atomic E-state index is 0.179. The molecular formula is C35H29N5O5S. The molecule has 10 nitrogen and oxygen atoms in total. The van der Waals surface area contributed by atoms with Crippen molar-refractivity contribution in [2.24, 2.45) is 0 Å². The van der Waals surface area contributed by atoms with Crippen LogP contribution in [0.2, 0.25) is 0 Å². The third-order valence-electron chi connectivity index (χ3n) is 7.71. The maximum atomic E-state index is 13.4. The number of nitrogens with one attached hydrogen (secondary N) is 1. The minimum Gasteiger partial charge on any atom is -0.491 e. The van der Waals surface area contributed by atoms with Gasteiger partial charge in [0.05, 0.1) is 29.1 Å². The Hall–Kier alpha value is -5.55. The fourth-order valence-electron chi connectivity index (χ4n) is 5.52. The molecule has 7 rings (SSSR count). The zero-order chi connectivity index (χ0) is 31.5. The Morgan fingerprint density at radius 2 is 1.76 bits per heavy atom. The standard InChI is InChI=1S/C35H29N5O5S/c41-33(42)32-29(45-20-6-19-44-28-11-3-7-23-8-4-17-36-31(23)28)16-15-25(37-32)24-14-13-22-9-5-18-40(27(22)21-24)35(43)39-34-38-26-10-1-2-12-30(26)46-34/h1-4,7-8,10-17,21H,5-6,9,18-20H2,(H,41,42)(H,38,39,43). The van der Waals surface area contributed by atoms with Crippen LogP contribution in [0.5, 0.6) is 11.5 Å². The van der Waals surface area contributed by atoms with Gasteiger partial charge in [-0.15, -0.1) is 0 Å². The summed E-state index contributed by atoms with van der Waals surface area (Å²) in [5, 5.41) is 14.4. The Morgan fingerprint density at radius 1 is 0.913 bits per heavy atom. The van der Waals surface area contributed by atoms with Crippen LogP contribution in [0.3, 0.4) is 0 Å². The van der Waals surface area contributed by atoms with Crippen molar-refractivity contribution >= 4 is 55.3 Å². The van der Waals surface area contributed by atoms with Gasteiger partial charge >= 0.3 is 12.0 Å². The van der Waals surface area contributed by atoms with Crippen LogP contribution in [0.4, 0.5) is 15.6 Å². The average Bonchev–Trinajstić information content (AvgIpc) is 3.50. The normalized spacial score (nSPS) is 12.6. The van der Waals surface area contributed by atoms with E-state index in [2.05, 4.69) is 20.3 Å². The molecule has 0 atom stereocenters. The summed E-state index contributed by atoms with van der Waals surface area (Å²) in [5.74, 6) is -0.323. The number of carboxylic acid groups (broad SMARTS) is 1. The lowest BCUT2D eigenvalue weighted by molar-refractivity contribution is 0.0685. The zero-order valence-electron chi connectivity index (χ0n) is 24.7. The highest BCUT2D eigenvalue weighted by Crippen LogP contribution is 2.34. The lowest BCUT2D eigenvalue weighted by Crippen LogP contribution is -2.38. The van der Waals surface area contributed by atoms with E-state index >= 15 is 0 Å². The Labute approximate surface area is 268 Å². The van der Waals surface area contributed by atoms with Crippen molar-refractivity contribution in [2.45, 2.75) is 19.3 Å². The number of anilines is 2. The topological polar surface area (TPSA) is 127 Å². The number of urea groups is 1. The summed E-state index contributed by atoms with van der Waals surface area (Å²) < 4.78 is 12.7. The first kappa shape index (κ1) is 29.2. The third-order valence-corrected chi connectivity index (χ3v) is 8.66. The van der Waals surface area contributed by atoms with E-state index in [0.29, 0.717) is 41.7 Å². The summed E-state index contributed by atoms with van der Waals surface area (Å²) in [6, 6.07) is 26.2. The minimum atomic E-state index is -1.19. The van der Waals surface area contributed by atoms with E-state index < -0.39 is 5.97 Å². The molecule has 230 valence electrons. The molecule has 46 heavy (non-hydrogen) atoms. The molecule has 2 N–H and O–H groups in total. The zero-order valence-corrected chi connectivity index (χ0v) is 25.5. The number of amides is 2. The predicted molar refractivity (Wildman–Crippen MR) is 178 cm³/mol. The van der Waals surface area contributed by atoms with Gasteiger partial charge in [0, 0.05) is 35.8 Å². The maximum absolute atomic E-state index is 13.4. The Morgan fingerprint density at radius 3 is 2.63 bits per heavy atom. The molecule has 0 unspecified atom stereocenters.